The number of nitrogens with one attached hydrogen (secondary N) is 2. The second-order valence-electron chi connectivity index (χ2n) is 10.6. The first-order valence-electron chi connectivity index (χ1n) is 13.3. The summed E-state index contributed by atoms with van der Waals surface area (Å²) in [7, 11) is 0. The summed E-state index contributed by atoms with van der Waals surface area (Å²) in [6.07, 6.45) is 14.8. The fourth-order valence-electron chi connectivity index (χ4n) is 7.60. The van der Waals surface area contributed by atoms with Crippen LogP contribution in [-0.4, -0.2) is 20.9 Å². The molecule has 5 atom stereocenters. The maximum absolute atomic E-state index is 13.1. The van der Waals surface area contributed by atoms with Crippen LogP contribution in [0.1, 0.15) is 55.6 Å². The molecule has 0 aliphatic heterocycles. The van der Waals surface area contributed by atoms with Crippen LogP contribution < -0.4 is 5.32 Å². The van der Waals surface area contributed by atoms with Gasteiger partial charge in [-0.05, 0) is 65.2 Å². The molecule has 2 aromatic carbocycles. The first-order valence-corrected chi connectivity index (χ1v) is 14.2. The lowest BCUT2D eigenvalue weighted by molar-refractivity contribution is -0.117. The molecule has 1 amide bonds. The number of hydrogen-bond donors (Lipinski definition) is 2. The third-order valence-corrected chi connectivity index (χ3v) is 9.75. The monoisotopic (exact) mass is 506 g/mol. The number of carbonyl (C=O) groups excluding carboxylic acids is 1. The van der Waals surface area contributed by atoms with Gasteiger partial charge < -0.3 is 10.3 Å². The molecule has 186 valence electrons. The quantitative estimate of drug-likeness (QED) is 0.274. The summed E-state index contributed by atoms with van der Waals surface area (Å²) in [5.74, 6) is 2.93. The highest BCUT2D eigenvalue weighted by Crippen LogP contribution is 2.75. The summed E-state index contributed by atoms with van der Waals surface area (Å²) < 4.78 is 0. The number of rotatable bonds is 7. The molecule has 4 aromatic rings. The smallest absolute Gasteiger partial charge is 0.226 e. The molecule has 0 radical (unpaired) electrons. The van der Waals surface area contributed by atoms with Gasteiger partial charge in [0, 0.05) is 6.42 Å². The van der Waals surface area contributed by atoms with Crippen LogP contribution in [0.15, 0.2) is 79.0 Å². The number of nitrogens with zero attached hydrogens (tertiary/aromatic N) is 2. The van der Waals surface area contributed by atoms with Gasteiger partial charge in [-0.15, -0.1) is 0 Å². The minimum Gasteiger partial charge on any atom is -0.337 e. The van der Waals surface area contributed by atoms with Crippen molar-refractivity contribution in [2.24, 2.45) is 17.3 Å². The lowest BCUT2D eigenvalue weighted by Gasteiger charge is -2.61. The van der Waals surface area contributed by atoms with Gasteiger partial charge in [-0.25, -0.2) is 9.97 Å². The first kappa shape index (κ1) is 22.7. The number of fused-ring (bicyclic) bond motifs is 7. The number of benzene rings is 2. The van der Waals surface area contributed by atoms with Crippen LogP contribution in [0.5, 0.6) is 0 Å². The summed E-state index contributed by atoms with van der Waals surface area (Å²) in [6, 6.07) is 17.0. The third kappa shape index (κ3) is 3.46. The number of thiazole rings is 1. The number of aromatic amines is 1. The minimum atomic E-state index is 0.0352. The van der Waals surface area contributed by atoms with E-state index in [9.17, 15) is 4.79 Å². The molecule has 0 saturated heterocycles. The van der Waals surface area contributed by atoms with E-state index in [1.165, 1.54) is 28.9 Å². The van der Waals surface area contributed by atoms with Crippen molar-refractivity contribution >= 4 is 33.4 Å². The molecule has 0 spiro atoms. The Morgan fingerprint density at radius 3 is 2.76 bits per heavy atom. The van der Waals surface area contributed by atoms with Crippen LogP contribution in [-0.2, 0) is 4.79 Å². The van der Waals surface area contributed by atoms with Gasteiger partial charge >= 0.3 is 0 Å². The Balaban J connectivity index is 1.09. The van der Waals surface area contributed by atoms with Gasteiger partial charge in [0.15, 0.2) is 5.13 Å². The van der Waals surface area contributed by atoms with E-state index in [0.717, 1.165) is 34.6 Å². The fourth-order valence-corrected chi connectivity index (χ4v) is 8.37. The van der Waals surface area contributed by atoms with Gasteiger partial charge in [0.1, 0.15) is 5.82 Å². The molecule has 0 bridgehead atoms. The van der Waals surface area contributed by atoms with Gasteiger partial charge in [-0.3, -0.25) is 4.79 Å². The normalized spacial score (nSPS) is 26.9. The highest BCUT2D eigenvalue weighted by atomic mass is 32.1. The average Bonchev–Trinajstić information content (AvgIpc) is 3.60. The second-order valence-corrected chi connectivity index (χ2v) is 11.6. The van der Waals surface area contributed by atoms with Crippen LogP contribution in [0.25, 0.3) is 21.7 Å². The molecular formula is C31H30N4OS. The first-order chi connectivity index (χ1) is 18.2. The highest BCUT2D eigenvalue weighted by Gasteiger charge is 2.67. The predicted octanol–water partition coefficient (Wildman–Crippen LogP) is 7.44. The molecule has 6 heteroatoms. The Bertz CT molecular complexity index is 1510. The van der Waals surface area contributed by atoms with E-state index in [0.29, 0.717) is 35.2 Å². The van der Waals surface area contributed by atoms with E-state index in [4.69, 9.17) is 0 Å². The van der Waals surface area contributed by atoms with Crippen molar-refractivity contribution in [3.8, 4) is 10.7 Å². The zero-order valence-corrected chi connectivity index (χ0v) is 21.7. The highest BCUT2D eigenvalue weighted by molar-refractivity contribution is 7.19. The van der Waals surface area contributed by atoms with E-state index in [2.05, 4.69) is 75.8 Å². The molecular weight excluding hydrogens is 476 g/mol. The number of allylic oxidation sites excluding steroid dienone is 4. The number of imidazole rings is 1. The number of carbonyl (C=O) groups is 1. The van der Waals surface area contributed by atoms with Crippen LogP contribution in [0, 0.1) is 17.3 Å². The molecule has 3 aliphatic carbocycles. The molecule has 1 saturated carbocycles. The topological polar surface area (TPSA) is 70.7 Å². The van der Waals surface area contributed by atoms with Crippen molar-refractivity contribution in [2.45, 2.75) is 44.4 Å². The minimum absolute atomic E-state index is 0.0352. The predicted molar refractivity (Wildman–Crippen MR) is 150 cm³/mol. The largest absolute Gasteiger partial charge is 0.337 e. The summed E-state index contributed by atoms with van der Waals surface area (Å²) >= 11 is 1.46. The van der Waals surface area contributed by atoms with Gasteiger partial charge in [-0.2, -0.15) is 0 Å². The average molecular weight is 507 g/mol. The molecule has 1 fully saturated rings. The van der Waals surface area contributed by atoms with Gasteiger partial charge in [0.25, 0.3) is 0 Å². The summed E-state index contributed by atoms with van der Waals surface area (Å²) in [4.78, 5) is 26.5. The van der Waals surface area contributed by atoms with E-state index in [-0.39, 0.29) is 11.3 Å². The van der Waals surface area contributed by atoms with Crippen molar-refractivity contribution in [3.05, 3.63) is 90.2 Å². The van der Waals surface area contributed by atoms with Gasteiger partial charge in [0.05, 0.1) is 22.1 Å². The van der Waals surface area contributed by atoms with Crippen LogP contribution in [0.3, 0.4) is 0 Å². The lowest BCUT2D eigenvalue weighted by atomic mass is 9.42. The van der Waals surface area contributed by atoms with Crippen LogP contribution in [0.2, 0.25) is 0 Å². The fraction of sp³-hybridized carbons (Fsp3) is 0.323. The zero-order valence-electron chi connectivity index (χ0n) is 20.9. The van der Waals surface area contributed by atoms with Crippen molar-refractivity contribution in [1.82, 2.24) is 15.0 Å². The van der Waals surface area contributed by atoms with Gasteiger partial charge in [-0.1, -0.05) is 85.4 Å². The number of anilines is 1. The molecule has 3 aliphatic rings. The maximum Gasteiger partial charge on any atom is 0.226 e. The van der Waals surface area contributed by atoms with Crippen LogP contribution >= 0.6 is 11.3 Å². The number of amides is 1. The van der Waals surface area contributed by atoms with Crippen LogP contribution in [0.4, 0.5) is 5.13 Å². The molecule has 5 nitrogen and oxygen atoms in total. The summed E-state index contributed by atoms with van der Waals surface area (Å²) in [5, 5.41) is 3.68. The van der Waals surface area contributed by atoms with Crippen molar-refractivity contribution in [2.75, 3.05) is 5.32 Å². The molecule has 7 rings (SSSR count). The Kier molecular flexibility index (Phi) is 5.39. The number of hydrogen-bond acceptors (Lipinski definition) is 4. The SMILES string of the molecule is CCCC12C(CCC(=O)Nc3ncc(-c4nc5ccccc5[nH]4)s3)c3ccccc3C1C1C=CC=CC12. The Hall–Kier alpha value is -3.51. The van der Waals surface area contributed by atoms with E-state index >= 15 is 0 Å². The van der Waals surface area contributed by atoms with Crippen molar-refractivity contribution in [3.63, 3.8) is 0 Å². The summed E-state index contributed by atoms with van der Waals surface area (Å²) in [5.41, 5.74) is 5.12. The lowest BCUT2D eigenvalue weighted by Crippen LogP contribution is -2.54. The number of aromatic nitrogens is 3. The molecule has 2 heterocycles. The molecule has 2 aromatic heterocycles. The van der Waals surface area contributed by atoms with Crippen molar-refractivity contribution in [1.29, 1.82) is 0 Å². The molecule has 2 N–H and O–H groups in total. The van der Waals surface area contributed by atoms with E-state index < -0.39 is 0 Å². The second kappa shape index (κ2) is 8.80. The van der Waals surface area contributed by atoms with E-state index in [1.807, 2.05) is 24.3 Å². The Morgan fingerprint density at radius 2 is 1.89 bits per heavy atom. The molecule has 5 unspecified atom stereocenters. The number of para-hydroxylation sites is 2. The third-order valence-electron chi connectivity index (χ3n) is 8.84. The Morgan fingerprint density at radius 1 is 1.08 bits per heavy atom. The maximum atomic E-state index is 13.1. The summed E-state index contributed by atoms with van der Waals surface area (Å²) in [6.45, 7) is 2.30. The Labute approximate surface area is 220 Å². The molecule has 37 heavy (non-hydrogen) atoms. The van der Waals surface area contributed by atoms with Crippen molar-refractivity contribution < 1.29 is 4.79 Å². The standard InChI is InChI=1S/C31H30N4OS/c1-2-17-31-22-12-6-5-11-21(22)28(31)20-10-4-3-9-19(20)23(31)15-16-27(36)35-30-32-18-26(37-30)29-33-24-13-7-8-14-25(24)34-29/h3-14,18,21-23,28H,2,15-17H2,1H3,(H,33,34)(H,32,35,36). The zero-order chi connectivity index (χ0) is 25.0. The number of H-pyrrole nitrogens is 1. The van der Waals surface area contributed by atoms with E-state index in [1.54, 1.807) is 6.20 Å². The van der Waals surface area contributed by atoms with Gasteiger partial charge in [0.2, 0.25) is 5.91 Å².